The molecule has 0 saturated heterocycles. The van der Waals surface area contributed by atoms with Gasteiger partial charge in [0.25, 0.3) is 0 Å². The minimum absolute atomic E-state index is 0.105. The van der Waals surface area contributed by atoms with Gasteiger partial charge in [0, 0.05) is 20.1 Å². The Hall–Kier alpha value is -1.51. The predicted molar refractivity (Wildman–Crippen MR) is 74.3 cm³/mol. The van der Waals surface area contributed by atoms with Gasteiger partial charge in [-0.05, 0) is 6.42 Å². The van der Waals surface area contributed by atoms with Gasteiger partial charge >= 0.3 is 5.97 Å². The summed E-state index contributed by atoms with van der Waals surface area (Å²) in [5, 5.41) is 26.4. The fourth-order valence-electron chi connectivity index (χ4n) is 1.81. The van der Waals surface area contributed by atoms with Crippen molar-refractivity contribution in [2.45, 2.75) is 38.8 Å². The van der Waals surface area contributed by atoms with E-state index in [2.05, 4.69) is 17.2 Å². The van der Waals surface area contributed by atoms with E-state index in [1.54, 1.807) is 0 Å². The molecule has 8 heteroatoms. The lowest BCUT2D eigenvalue weighted by Gasteiger charge is -2.13. The summed E-state index contributed by atoms with van der Waals surface area (Å²) in [7, 11) is 1.53. The molecule has 0 fully saturated rings. The van der Waals surface area contributed by atoms with Crippen LogP contribution < -0.4 is 0 Å². The van der Waals surface area contributed by atoms with Crippen LogP contribution in [0, 0.1) is 0 Å². The summed E-state index contributed by atoms with van der Waals surface area (Å²) >= 11 is 0. The van der Waals surface area contributed by atoms with Gasteiger partial charge in [-0.1, -0.05) is 18.6 Å². The zero-order chi connectivity index (χ0) is 15.7. The van der Waals surface area contributed by atoms with Crippen LogP contribution in [0.4, 0.5) is 0 Å². The average Bonchev–Trinajstić information content (AvgIpc) is 2.84. The third-order valence-corrected chi connectivity index (χ3v) is 2.92. The third-order valence-electron chi connectivity index (χ3n) is 2.92. The SMILES string of the molecule is CCCCOCC(O)Cn1nnc(C(=O)O)c1CCOC. The second-order valence-corrected chi connectivity index (χ2v) is 4.70. The molecule has 1 heterocycles. The quantitative estimate of drug-likeness (QED) is 0.568. The van der Waals surface area contributed by atoms with Crippen LogP contribution in [-0.2, 0) is 22.4 Å². The maximum atomic E-state index is 11.1. The van der Waals surface area contributed by atoms with E-state index in [4.69, 9.17) is 14.6 Å². The highest BCUT2D eigenvalue weighted by Crippen LogP contribution is 2.08. The fourth-order valence-corrected chi connectivity index (χ4v) is 1.81. The summed E-state index contributed by atoms with van der Waals surface area (Å²) in [5.74, 6) is -1.14. The number of hydrogen-bond donors (Lipinski definition) is 2. The van der Waals surface area contributed by atoms with E-state index in [0.29, 0.717) is 25.3 Å². The molecule has 0 radical (unpaired) electrons. The van der Waals surface area contributed by atoms with E-state index in [9.17, 15) is 9.90 Å². The van der Waals surface area contributed by atoms with E-state index in [1.165, 1.54) is 11.8 Å². The summed E-state index contributed by atoms with van der Waals surface area (Å²) in [6.07, 6.45) is 1.58. The van der Waals surface area contributed by atoms with Crippen LogP contribution >= 0.6 is 0 Å². The lowest BCUT2D eigenvalue weighted by atomic mass is 10.2. The van der Waals surface area contributed by atoms with Gasteiger partial charge in [-0.15, -0.1) is 5.10 Å². The van der Waals surface area contributed by atoms with Crippen molar-refractivity contribution in [1.29, 1.82) is 0 Å². The van der Waals surface area contributed by atoms with Gasteiger partial charge in [-0.25, -0.2) is 9.48 Å². The number of nitrogens with zero attached hydrogens (tertiary/aromatic N) is 3. The van der Waals surface area contributed by atoms with Crippen molar-refractivity contribution >= 4 is 5.97 Å². The summed E-state index contributed by atoms with van der Waals surface area (Å²) in [6, 6.07) is 0. The number of ether oxygens (including phenoxy) is 2. The Morgan fingerprint density at radius 2 is 2.19 bits per heavy atom. The summed E-state index contributed by atoms with van der Waals surface area (Å²) in [6.45, 7) is 3.35. The molecule has 0 bridgehead atoms. The number of hydrogen-bond acceptors (Lipinski definition) is 6. The third kappa shape index (κ3) is 5.78. The largest absolute Gasteiger partial charge is 0.476 e. The van der Waals surface area contributed by atoms with Gasteiger partial charge in [0.1, 0.15) is 0 Å². The first-order chi connectivity index (χ1) is 10.1. The molecule has 120 valence electrons. The Kier molecular flexibility index (Phi) is 7.88. The molecule has 1 unspecified atom stereocenters. The number of aromatic carboxylic acids is 1. The smallest absolute Gasteiger partial charge is 0.358 e. The number of unbranched alkanes of at least 4 members (excludes halogenated alkanes) is 1. The Labute approximate surface area is 123 Å². The van der Waals surface area contributed by atoms with Crippen LogP contribution in [0.5, 0.6) is 0 Å². The van der Waals surface area contributed by atoms with Gasteiger partial charge < -0.3 is 19.7 Å². The molecule has 0 spiro atoms. The molecule has 1 rings (SSSR count). The van der Waals surface area contributed by atoms with Gasteiger partial charge in [0.05, 0.1) is 31.6 Å². The summed E-state index contributed by atoms with van der Waals surface area (Å²) in [4.78, 5) is 11.1. The minimum Gasteiger partial charge on any atom is -0.476 e. The molecule has 0 amide bonds. The number of methoxy groups -OCH3 is 1. The number of rotatable bonds is 11. The van der Waals surface area contributed by atoms with Crippen LogP contribution in [0.2, 0.25) is 0 Å². The molecule has 1 aromatic heterocycles. The van der Waals surface area contributed by atoms with Crippen LogP contribution in [-0.4, -0.2) is 64.2 Å². The van der Waals surface area contributed by atoms with E-state index in [-0.39, 0.29) is 18.8 Å². The minimum atomic E-state index is -1.14. The van der Waals surface area contributed by atoms with Crippen LogP contribution in [0.15, 0.2) is 0 Å². The Morgan fingerprint density at radius 1 is 1.43 bits per heavy atom. The van der Waals surface area contributed by atoms with Crippen LogP contribution in [0.25, 0.3) is 0 Å². The fraction of sp³-hybridized carbons (Fsp3) is 0.769. The molecule has 8 nitrogen and oxygen atoms in total. The van der Waals surface area contributed by atoms with Gasteiger partial charge in [0.15, 0.2) is 5.69 Å². The molecule has 0 aliphatic rings. The Bertz CT molecular complexity index is 435. The van der Waals surface area contributed by atoms with Crippen molar-refractivity contribution in [3.8, 4) is 0 Å². The lowest BCUT2D eigenvalue weighted by molar-refractivity contribution is 0.0245. The zero-order valence-electron chi connectivity index (χ0n) is 12.5. The van der Waals surface area contributed by atoms with Crippen molar-refractivity contribution < 1.29 is 24.5 Å². The van der Waals surface area contributed by atoms with Crippen molar-refractivity contribution in [2.75, 3.05) is 26.9 Å². The predicted octanol–water partition coefficient (Wildman–Crippen LogP) is 0.343. The highest BCUT2D eigenvalue weighted by molar-refractivity contribution is 5.86. The Morgan fingerprint density at radius 3 is 2.81 bits per heavy atom. The second kappa shape index (κ2) is 9.43. The van der Waals surface area contributed by atoms with Crippen molar-refractivity contribution in [3.05, 3.63) is 11.4 Å². The summed E-state index contributed by atoms with van der Waals surface area (Å²) < 4.78 is 11.7. The second-order valence-electron chi connectivity index (χ2n) is 4.70. The molecule has 1 aromatic rings. The lowest BCUT2D eigenvalue weighted by Crippen LogP contribution is -2.24. The number of aromatic nitrogens is 3. The van der Waals surface area contributed by atoms with Crippen molar-refractivity contribution in [3.63, 3.8) is 0 Å². The molecule has 0 aromatic carbocycles. The zero-order valence-corrected chi connectivity index (χ0v) is 12.5. The van der Waals surface area contributed by atoms with Crippen molar-refractivity contribution in [2.24, 2.45) is 0 Å². The molecular weight excluding hydrogens is 278 g/mol. The van der Waals surface area contributed by atoms with E-state index < -0.39 is 12.1 Å². The van der Waals surface area contributed by atoms with E-state index in [0.717, 1.165) is 12.8 Å². The van der Waals surface area contributed by atoms with Gasteiger partial charge in [0.2, 0.25) is 0 Å². The maximum absolute atomic E-state index is 11.1. The van der Waals surface area contributed by atoms with Crippen LogP contribution in [0.3, 0.4) is 0 Å². The molecular formula is C13H23N3O5. The number of carbonyl (C=O) groups is 1. The number of aliphatic hydroxyl groups is 1. The highest BCUT2D eigenvalue weighted by Gasteiger charge is 2.20. The number of carboxylic acid groups (broad SMARTS) is 1. The van der Waals surface area contributed by atoms with E-state index >= 15 is 0 Å². The maximum Gasteiger partial charge on any atom is 0.358 e. The molecule has 0 aliphatic carbocycles. The molecule has 2 N–H and O–H groups in total. The normalized spacial score (nSPS) is 12.5. The van der Waals surface area contributed by atoms with Gasteiger partial charge in [-0.2, -0.15) is 0 Å². The van der Waals surface area contributed by atoms with Crippen LogP contribution in [0.1, 0.15) is 35.9 Å². The average molecular weight is 301 g/mol. The Balaban J connectivity index is 2.62. The first-order valence-electron chi connectivity index (χ1n) is 7.00. The molecule has 1 atom stereocenters. The molecule has 0 aliphatic heterocycles. The van der Waals surface area contributed by atoms with Crippen molar-refractivity contribution in [1.82, 2.24) is 15.0 Å². The number of aliphatic hydroxyl groups excluding tert-OH is 1. The van der Waals surface area contributed by atoms with E-state index in [1.807, 2.05) is 0 Å². The molecule has 21 heavy (non-hydrogen) atoms. The highest BCUT2D eigenvalue weighted by atomic mass is 16.5. The first kappa shape index (κ1) is 17.5. The van der Waals surface area contributed by atoms with Gasteiger partial charge in [-0.3, -0.25) is 0 Å². The summed E-state index contributed by atoms with van der Waals surface area (Å²) in [5.41, 5.74) is 0.336. The topological polar surface area (TPSA) is 107 Å². The number of carboxylic acids is 1. The first-order valence-corrected chi connectivity index (χ1v) is 7.00. The monoisotopic (exact) mass is 301 g/mol. The molecule has 0 saturated carbocycles. The standard InChI is InChI=1S/C13H23N3O5/c1-3-4-6-21-9-10(17)8-16-11(5-7-20-2)12(13(18)19)14-15-16/h10,17H,3-9H2,1-2H3,(H,18,19).